The highest BCUT2D eigenvalue weighted by molar-refractivity contribution is 7.10. The van der Waals surface area contributed by atoms with Crippen molar-refractivity contribution < 1.29 is 9.59 Å². The first-order valence-corrected chi connectivity index (χ1v) is 8.94. The van der Waals surface area contributed by atoms with E-state index in [-0.39, 0.29) is 11.9 Å². The molecular formula is C18H21N3O2S. The third-order valence-electron chi connectivity index (χ3n) is 4.29. The largest absolute Gasteiger partial charge is 0.341 e. The van der Waals surface area contributed by atoms with Crippen molar-refractivity contribution in [1.29, 1.82) is 0 Å². The standard InChI is InChI=1S/C18H21N3O2S/c1-19-18(23)20-16(22)8-11-21-10-7-15-14(9-12-24-15)17(21)13-5-3-2-4-6-13/h2-6,9,12,17H,7-8,10-11H2,1H3,(H2,19,20,22,23)/t17-/m1/s1. The van der Waals surface area contributed by atoms with E-state index in [1.165, 1.54) is 23.1 Å². The lowest BCUT2D eigenvalue weighted by molar-refractivity contribution is -0.120. The summed E-state index contributed by atoms with van der Waals surface area (Å²) in [6.07, 6.45) is 1.31. The van der Waals surface area contributed by atoms with Crippen LogP contribution in [-0.4, -0.2) is 37.0 Å². The number of hydrogen-bond donors (Lipinski definition) is 2. The molecule has 1 aliphatic rings. The maximum absolute atomic E-state index is 11.9. The van der Waals surface area contributed by atoms with E-state index in [1.54, 1.807) is 11.3 Å². The molecule has 1 aromatic heterocycles. The van der Waals surface area contributed by atoms with Gasteiger partial charge in [-0.05, 0) is 29.0 Å². The van der Waals surface area contributed by atoms with Crippen molar-refractivity contribution in [2.45, 2.75) is 18.9 Å². The maximum Gasteiger partial charge on any atom is 0.321 e. The average Bonchev–Trinajstić information content (AvgIpc) is 3.08. The number of amides is 3. The zero-order valence-electron chi connectivity index (χ0n) is 13.6. The van der Waals surface area contributed by atoms with E-state index in [2.05, 4.69) is 39.1 Å². The summed E-state index contributed by atoms with van der Waals surface area (Å²) in [5.74, 6) is -0.253. The van der Waals surface area contributed by atoms with Crippen molar-refractivity contribution in [2.75, 3.05) is 20.1 Å². The second kappa shape index (κ2) is 7.59. The summed E-state index contributed by atoms with van der Waals surface area (Å²) in [4.78, 5) is 26.9. The Bertz CT molecular complexity index is 714. The molecule has 3 rings (SSSR count). The van der Waals surface area contributed by atoms with Gasteiger partial charge in [-0.3, -0.25) is 15.0 Å². The van der Waals surface area contributed by atoms with Gasteiger partial charge in [-0.25, -0.2) is 4.79 Å². The Hall–Kier alpha value is -2.18. The van der Waals surface area contributed by atoms with Crippen LogP contribution < -0.4 is 10.6 Å². The average molecular weight is 343 g/mol. The smallest absolute Gasteiger partial charge is 0.321 e. The zero-order valence-corrected chi connectivity index (χ0v) is 14.4. The van der Waals surface area contributed by atoms with E-state index in [0.29, 0.717) is 13.0 Å². The Kier molecular flexibility index (Phi) is 5.27. The first-order valence-electron chi connectivity index (χ1n) is 8.06. The number of thiophene rings is 1. The molecule has 1 aromatic carbocycles. The number of carbonyl (C=O) groups excluding carboxylic acids is 2. The summed E-state index contributed by atoms with van der Waals surface area (Å²) >= 11 is 1.80. The van der Waals surface area contributed by atoms with E-state index in [1.807, 2.05) is 18.2 Å². The Morgan fingerprint density at radius 3 is 2.79 bits per heavy atom. The van der Waals surface area contributed by atoms with E-state index in [0.717, 1.165) is 13.0 Å². The molecule has 1 aliphatic heterocycles. The van der Waals surface area contributed by atoms with Crippen molar-refractivity contribution in [3.05, 3.63) is 57.8 Å². The van der Waals surface area contributed by atoms with Gasteiger partial charge in [0.1, 0.15) is 0 Å². The molecule has 2 N–H and O–H groups in total. The third-order valence-corrected chi connectivity index (χ3v) is 5.28. The lowest BCUT2D eigenvalue weighted by atomic mass is 9.93. The molecule has 0 bridgehead atoms. The third kappa shape index (κ3) is 3.66. The Balaban J connectivity index is 1.74. The van der Waals surface area contributed by atoms with Gasteiger partial charge in [-0.1, -0.05) is 30.3 Å². The normalized spacial score (nSPS) is 17.1. The van der Waals surface area contributed by atoms with Crippen LogP contribution in [-0.2, 0) is 11.2 Å². The minimum Gasteiger partial charge on any atom is -0.341 e. The number of nitrogens with one attached hydrogen (secondary N) is 2. The second-order valence-electron chi connectivity index (χ2n) is 5.78. The van der Waals surface area contributed by atoms with Gasteiger partial charge in [0.15, 0.2) is 0 Å². The monoisotopic (exact) mass is 343 g/mol. The molecule has 0 unspecified atom stereocenters. The molecule has 6 heteroatoms. The first-order chi connectivity index (χ1) is 11.7. The van der Waals surface area contributed by atoms with Crippen LogP contribution in [0.25, 0.3) is 0 Å². The molecule has 5 nitrogen and oxygen atoms in total. The van der Waals surface area contributed by atoms with E-state index < -0.39 is 6.03 Å². The Morgan fingerprint density at radius 1 is 1.25 bits per heavy atom. The van der Waals surface area contributed by atoms with Gasteiger partial charge in [-0.15, -0.1) is 11.3 Å². The van der Waals surface area contributed by atoms with Crippen LogP contribution in [0.15, 0.2) is 41.8 Å². The topological polar surface area (TPSA) is 61.4 Å². The molecule has 2 heterocycles. The van der Waals surface area contributed by atoms with Gasteiger partial charge in [0, 0.05) is 31.4 Å². The van der Waals surface area contributed by atoms with Crippen molar-refractivity contribution >= 4 is 23.3 Å². The van der Waals surface area contributed by atoms with Crippen molar-refractivity contribution in [1.82, 2.24) is 15.5 Å². The first kappa shape index (κ1) is 16.7. The summed E-state index contributed by atoms with van der Waals surface area (Å²) in [5.41, 5.74) is 2.58. The molecule has 1 atom stereocenters. The minimum atomic E-state index is -0.460. The van der Waals surface area contributed by atoms with E-state index in [4.69, 9.17) is 0 Å². The SMILES string of the molecule is CNC(=O)NC(=O)CCN1CCc2sccc2[C@H]1c1ccccc1. The maximum atomic E-state index is 11.9. The van der Waals surface area contributed by atoms with Crippen molar-refractivity contribution in [3.63, 3.8) is 0 Å². The number of hydrogen-bond acceptors (Lipinski definition) is 4. The van der Waals surface area contributed by atoms with Gasteiger partial charge >= 0.3 is 6.03 Å². The van der Waals surface area contributed by atoms with Crippen LogP contribution in [0.1, 0.15) is 28.5 Å². The van der Waals surface area contributed by atoms with Gasteiger partial charge in [0.25, 0.3) is 0 Å². The van der Waals surface area contributed by atoms with Gasteiger partial charge in [0.2, 0.25) is 5.91 Å². The molecular weight excluding hydrogens is 322 g/mol. The number of nitrogens with zero attached hydrogens (tertiary/aromatic N) is 1. The van der Waals surface area contributed by atoms with Crippen LogP contribution in [0.5, 0.6) is 0 Å². The van der Waals surface area contributed by atoms with Crippen LogP contribution >= 0.6 is 11.3 Å². The number of imide groups is 1. The van der Waals surface area contributed by atoms with Crippen LogP contribution in [0.3, 0.4) is 0 Å². The number of fused-ring (bicyclic) bond motifs is 1. The molecule has 3 amide bonds. The summed E-state index contributed by atoms with van der Waals surface area (Å²) in [5, 5.41) is 6.86. The summed E-state index contributed by atoms with van der Waals surface area (Å²) in [6.45, 7) is 1.54. The lowest BCUT2D eigenvalue weighted by Gasteiger charge is -2.36. The number of benzene rings is 1. The van der Waals surface area contributed by atoms with Gasteiger partial charge in [0.05, 0.1) is 6.04 Å². The predicted octanol–water partition coefficient (Wildman–Crippen LogP) is 2.54. The molecule has 0 saturated heterocycles. The Morgan fingerprint density at radius 2 is 2.04 bits per heavy atom. The molecule has 0 aliphatic carbocycles. The minimum absolute atomic E-state index is 0.175. The molecule has 126 valence electrons. The fourth-order valence-electron chi connectivity index (χ4n) is 3.13. The highest BCUT2D eigenvalue weighted by Crippen LogP contribution is 2.37. The fourth-order valence-corrected chi connectivity index (χ4v) is 4.04. The highest BCUT2D eigenvalue weighted by atomic mass is 32.1. The van der Waals surface area contributed by atoms with Crippen molar-refractivity contribution in [3.8, 4) is 0 Å². The van der Waals surface area contributed by atoms with Crippen LogP contribution in [0.2, 0.25) is 0 Å². The summed E-state index contributed by atoms with van der Waals surface area (Å²) in [6, 6.07) is 12.3. The van der Waals surface area contributed by atoms with Gasteiger partial charge in [-0.2, -0.15) is 0 Å². The molecule has 24 heavy (non-hydrogen) atoms. The zero-order chi connectivity index (χ0) is 16.9. The molecule has 0 radical (unpaired) electrons. The molecule has 2 aromatic rings. The predicted molar refractivity (Wildman–Crippen MR) is 95.1 cm³/mol. The number of urea groups is 1. The quantitative estimate of drug-likeness (QED) is 0.897. The number of rotatable bonds is 4. The molecule has 0 saturated carbocycles. The summed E-state index contributed by atoms with van der Waals surface area (Å²) < 4.78 is 0. The van der Waals surface area contributed by atoms with Gasteiger partial charge < -0.3 is 5.32 Å². The van der Waals surface area contributed by atoms with Crippen LogP contribution in [0.4, 0.5) is 4.79 Å². The van der Waals surface area contributed by atoms with Crippen molar-refractivity contribution in [2.24, 2.45) is 0 Å². The molecule has 0 fully saturated rings. The fraction of sp³-hybridized carbons (Fsp3) is 0.333. The molecule has 0 spiro atoms. The Labute approximate surface area is 145 Å². The number of carbonyl (C=O) groups is 2. The summed E-state index contributed by atoms with van der Waals surface area (Å²) in [7, 11) is 1.50. The van der Waals surface area contributed by atoms with Crippen LogP contribution in [0, 0.1) is 0 Å². The highest BCUT2D eigenvalue weighted by Gasteiger charge is 2.29. The second-order valence-corrected chi connectivity index (χ2v) is 6.78. The lowest BCUT2D eigenvalue weighted by Crippen LogP contribution is -2.41. The van der Waals surface area contributed by atoms with E-state index in [9.17, 15) is 9.59 Å². The van der Waals surface area contributed by atoms with E-state index >= 15 is 0 Å².